The summed E-state index contributed by atoms with van der Waals surface area (Å²) < 4.78 is 5.04. The van der Waals surface area contributed by atoms with Crippen molar-refractivity contribution in [3.63, 3.8) is 0 Å². The molecule has 0 aromatic heterocycles. The Hall–Kier alpha value is -1.96. The van der Waals surface area contributed by atoms with Gasteiger partial charge in [-0.05, 0) is 62.2 Å². The summed E-state index contributed by atoms with van der Waals surface area (Å²) in [6.07, 6.45) is 0. The lowest BCUT2D eigenvalue weighted by Crippen LogP contribution is -1.84. The number of hydrogen-bond acceptors (Lipinski definition) is 1. The first-order chi connectivity index (χ1) is 11.9. The number of ether oxygens (including phenoxy) is 1. The third-order valence-electron chi connectivity index (χ3n) is 3.30. The van der Waals surface area contributed by atoms with Gasteiger partial charge in [-0.1, -0.05) is 71.2 Å². The summed E-state index contributed by atoms with van der Waals surface area (Å²) in [6.45, 7) is 6.08. The Balaban J connectivity index is 0.000000188. The minimum Gasteiger partial charge on any atom is -0.496 e. The first-order valence-electron chi connectivity index (χ1n) is 7.96. The van der Waals surface area contributed by atoms with Crippen molar-refractivity contribution in [1.29, 1.82) is 0 Å². The molecule has 3 aromatic rings. The molecule has 0 heterocycles. The zero-order chi connectivity index (χ0) is 18.7. The lowest BCUT2D eigenvalue weighted by Gasteiger charge is -2.00. The van der Waals surface area contributed by atoms with Crippen LogP contribution in [-0.4, -0.2) is 7.11 Å². The average molecular weight is 375 g/mol. The van der Waals surface area contributed by atoms with E-state index in [-0.39, 0.29) is 0 Å². The summed E-state index contributed by atoms with van der Waals surface area (Å²) in [4.78, 5) is 0. The van der Waals surface area contributed by atoms with Crippen molar-refractivity contribution < 1.29 is 4.74 Å². The Morgan fingerprint density at radius 3 is 1.68 bits per heavy atom. The van der Waals surface area contributed by atoms with E-state index in [1.54, 1.807) is 7.11 Å². The maximum Gasteiger partial charge on any atom is 0.121 e. The van der Waals surface area contributed by atoms with E-state index < -0.39 is 0 Å². The molecule has 0 amide bonds. The number of rotatable bonds is 1. The summed E-state index contributed by atoms with van der Waals surface area (Å²) in [7, 11) is 1.68. The number of halogens is 2. The summed E-state index contributed by atoms with van der Waals surface area (Å²) in [5.41, 5.74) is 3.63. The van der Waals surface area contributed by atoms with Crippen LogP contribution in [0.1, 0.15) is 16.7 Å². The van der Waals surface area contributed by atoms with E-state index in [2.05, 4.69) is 0 Å². The molecule has 0 radical (unpaired) electrons. The van der Waals surface area contributed by atoms with Crippen LogP contribution in [0, 0.1) is 20.8 Å². The van der Waals surface area contributed by atoms with E-state index >= 15 is 0 Å². The van der Waals surface area contributed by atoms with Crippen LogP contribution in [0.4, 0.5) is 0 Å². The van der Waals surface area contributed by atoms with Gasteiger partial charge in [-0.25, -0.2) is 0 Å². The molecule has 0 aliphatic rings. The highest BCUT2D eigenvalue weighted by molar-refractivity contribution is 6.30. The molecule has 25 heavy (non-hydrogen) atoms. The van der Waals surface area contributed by atoms with Crippen molar-refractivity contribution in [2.75, 3.05) is 7.11 Å². The van der Waals surface area contributed by atoms with Crippen molar-refractivity contribution in [3.05, 3.63) is 99.5 Å². The van der Waals surface area contributed by atoms with Crippen LogP contribution >= 0.6 is 23.2 Å². The van der Waals surface area contributed by atoms with Crippen LogP contribution in [-0.2, 0) is 0 Å². The molecule has 0 spiro atoms. The van der Waals surface area contributed by atoms with Crippen molar-refractivity contribution in [2.45, 2.75) is 20.8 Å². The Morgan fingerprint density at radius 2 is 1.28 bits per heavy atom. The fourth-order valence-corrected chi connectivity index (χ4v) is 2.30. The average Bonchev–Trinajstić information content (AvgIpc) is 2.59. The molecule has 0 N–H and O–H groups in total. The molecule has 0 atom stereocenters. The molecule has 0 saturated heterocycles. The van der Waals surface area contributed by atoms with Crippen LogP contribution < -0.4 is 4.74 Å². The van der Waals surface area contributed by atoms with Crippen molar-refractivity contribution in [3.8, 4) is 5.75 Å². The number of aryl methyl sites for hydroxylation is 3. The highest BCUT2D eigenvalue weighted by atomic mass is 35.5. The van der Waals surface area contributed by atoms with Gasteiger partial charge < -0.3 is 4.74 Å². The van der Waals surface area contributed by atoms with Crippen LogP contribution in [0.2, 0.25) is 10.0 Å². The Labute approximate surface area is 161 Å². The molecule has 3 aromatic carbocycles. The number of para-hydroxylation sites is 1. The fourth-order valence-electron chi connectivity index (χ4n) is 1.92. The zero-order valence-corrected chi connectivity index (χ0v) is 16.6. The lowest BCUT2D eigenvalue weighted by molar-refractivity contribution is 0.411. The Morgan fingerprint density at radius 1 is 0.640 bits per heavy atom. The second-order valence-corrected chi connectivity index (χ2v) is 6.44. The summed E-state index contributed by atoms with van der Waals surface area (Å²) in [6, 6.07) is 23.5. The molecule has 0 aliphatic heterocycles. The first-order valence-corrected chi connectivity index (χ1v) is 8.72. The third kappa shape index (κ3) is 9.19. The molecule has 0 fully saturated rings. The molecule has 3 heteroatoms. The van der Waals surface area contributed by atoms with Gasteiger partial charge in [-0.2, -0.15) is 0 Å². The van der Waals surface area contributed by atoms with E-state index in [0.29, 0.717) is 0 Å². The van der Waals surface area contributed by atoms with Crippen LogP contribution in [0.5, 0.6) is 5.75 Å². The van der Waals surface area contributed by atoms with E-state index in [1.807, 2.05) is 93.6 Å². The van der Waals surface area contributed by atoms with Crippen molar-refractivity contribution >= 4 is 23.2 Å². The lowest BCUT2D eigenvalue weighted by atomic mass is 10.2. The Kier molecular flexibility index (Phi) is 9.76. The molecular weight excluding hydrogens is 351 g/mol. The topological polar surface area (TPSA) is 9.23 Å². The smallest absolute Gasteiger partial charge is 0.121 e. The van der Waals surface area contributed by atoms with Crippen LogP contribution in [0.25, 0.3) is 0 Å². The van der Waals surface area contributed by atoms with Gasteiger partial charge in [0.2, 0.25) is 0 Å². The fraction of sp³-hybridized carbons (Fsp3) is 0.182. The van der Waals surface area contributed by atoms with Crippen LogP contribution in [0.15, 0.2) is 72.8 Å². The number of hydrogen-bond donors (Lipinski definition) is 0. The highest BCUT2D eigenvalue weighted by Gasteiger charge is 1.90. The van der Waals surface area contributed by atoms with Gasteiger partial charge in [0.1, 0.15) is 5.75 Å². The molecule has 132 valence electrons. The third-order valence-corrected chi connectivity index (χ3v) is 3.79. The summed E-state index contributed by atoms with van der Waals surface area (Å²) in [5, 5.41) is 1.61. The SMILES string of the molecule is COc1ccccc1C.Cc1ccc(Cl)cc1.Cc1cccc(Cl)c1. The van der Waals surface area contributed by atoms with E-state index in [4.69, 9.17) is 27.9 Å². The molecule has 0 aliphatic carbocycles. The predicted molar refractivity (Wildman–Crippen MR) is 110 cm³/mol. The second kappa shape index (κ2) is 11.6. The standard InChI is InChI=1S/C8H10O.2C7H7Cl/c1-7-5-3-4-6-8(7)9-2;1-6-2-4-7(8)5-3-6;1-6-3-2-4-7(8)5-6/h3-6H,1-2H3;2*2-5H,1H3. The van der Waals surface area contributed by atoms with Crippen molar-refractivity contribution in [1.82, 2.24) is 0 Å². The van der Waals surface area contributed by atoms with E-state index in [0.717, 1.165) is 15.8 Å². The minimum absolute atomic E-state index is 0.801. The number of benzene rings is 3. The minimum atomic E-state index is 0.801. The van der Waals surface area contributed by atoms with Gasteiger partial charge >= 0.3 is 0 Å². The quantitative estimate of drug-likeness (QED) is 0.434. The first kappa shape index (κ1) is 21.1. The highest BCUT2D eigenvalue weighted by Crippen LogP contribution is 2.14. The monoisotopic (exact) mass is 374 g/mol. The van der Waals surface area contributed by atoms with Gasteiger partial charge in [-0.15, -0.1) is 0 Å². The summed E-state index contributed by atoms with van der Waals surface area (Å²) in [5.74, 6) is 0.956. The molecule has 1 nitrogen and oxygen atoms in total. The summed E-state index contributed by atoms with van der Waals surface area (Å²) >= 11 is 11.3. The molecule has 0 unspecified atom stereocenters. The van der Waals surface area contributed by atoms with Crippen LogP contribution in [0.3, 0.4) is 0 Å². The zero-order valence-electron chi connectivity index (χ0n) is 15.1. The van der Waals surface area contributed by atoms with E-state index in [9.17, 15) is 0 Å². The maximum atomic E-state index is 5.64. The van der Waals surface area contributed by atoms with E-state index in [1.165, 1.54) is 16.7 Å². The van der Waals surface area contributed by atoms with Gasteiger partial charge in [-0.3, -0.25) is 0 Å². The number of methoxy groups -OCH3 is 1. The predicted octanol–water partition coefficient (Wildman–Crippen LogP) is 7.30. The molecule has 0 saturated carbocycles. The van der Waals surface area contributed by atoms with Crippen molar-refractivity contribution in [2.24, 2.45) is 0 Å². The molecular formula is C22H24Cl2O. The van der Waals surface area contributed by atoms with Gasteiger partial charge in [0, 0.05) is 10.0 Å². The normalized spacial score (nSPS) is 9.20. The molecule has 3 rings (SSSR count). The Bertz CT molecular complexity index is 714. The van der Waals surface area contributed by atoms with Gasteiger partial charge in [0.15, 0.2) is 0 Å². The second-order valence-electron chi connectivity index (χ2n) is 5.56. The molecule has 0 bridgehead atoms. The largest absolute Gasteiger partial charge is 0.496 e. The maximum absolute atomic E-state index is 5.64. The van der Waals surface area contributed by atoms with Gasteiger partial charge in [0.05, 0.1) is 7.11 Å². The van der Waals surface area contributed by atoms with Gasteiger partial charge in [0.25, 0.3) is 0 Å².